The minimum Gasteiger partial charge on any atom is -0.369 e. The quantitative estimate of drug-likeness (QED) is 0.715. The fraction of sp³-hybridized carbons (Fsp3) is 0.909. The van der Waals surface area contributed by atoms with Gasteiger partial charge in [0, 0.05) is 12.0 Å². The lowest BCUT2D eigenvalue weighted by molar-refractivity contribution is -0.120. The second kappa shape index (κ2) is 3.23. The predicted molar refractivity (Wildman–Crippen MR) is 55.7 cm³/mol. The van der Waals surface area contributed by atoms with E-state index in [0.29, 0.717) is 5.41 Å². The summed E-state index contributed by atoms with van der Waals surface area (Å²) in [5.41, 5.74) is 5.68. The fourth-order valence-corrected chi connectivity index (χ4v) is 3.00. The van der Waals surface area contributed by atoms with Gasteiger partial charge in [0.05, 0.1) is 0 Å². The van der Waals surface area contributed by atoms with E-state index in [1.807, 2.05) is 0 Å². The zero-order valence-electron chi connectivity index (χ0n) is 9.12. The Morgan fingerprint density at radius 1 is 1.36 bits per heavy atom. The first-order chi connectivity index (χ1) is 6.55. The number of nitrogens with two attached hydrogens (primary N) is 1. The van der Waals surface area contributed by atoms with Crippen molar-refractivity contribution in [3.05, 3.63) is 0 Å². The van der Waals surface area contributed by atoms with Gasteiger partial charge >= 0.3 is 0 Å². The van der Waals surface area contributed by atoms with Gasteiger partial charge in [-0.15, -0.1) is 0 Å². The molecule has 1 amide bonds. The standard InChI is InChI=1S/C11H20N2O/c1-13(2)8-3-5-11(6-4-8)7-9(11)10(12)14/h8-9H,3-7H2,1-2H3,(H2,12,14). The second-order valence-corrected chi connectivity index (χ2v) is 5.22. The summed E-state index contributed by atoms with van der Waals surface area (Å²) < 4.78 is 0. The number of amides is 1. The Kier molecular flexibility index (Phi) is 2.30. The Morgan fingerprint density at radius 3 is 2.29 bits per heavy atom. The van der Waals surface area contributed by atoms with Crippen molar-refractivity contribution >= 4 is 5.91 Å². The van der Waals surface area contributed by atoms with Crippen molar-refractivity contribution in [2.24, 2.45) is 17.1 Å². The van der Waals surface area contributed by atoms with E-state index in [0.717, 1.165) is 12.5 Å². The van der Waals surface area contributed by atoms with Crippen LogP contribution in [0.25, 0.3) is 0 Å². The van der Waals surface area contributed by atoms with Crippen molar-refractivity contribution in [3.8, 4) is 0 Å². The third kappa shape index (κ3) is 1.54. The fourth-order valence-electron chi connectivity index (χ4n) is 3.00. The van der Waals surface area contributed by atoms with Gasteiger partial charge in [-0.2, -0.15) is 0 Å². The highest BCUT2D eigenvalue weighted by Crippen LogP contribution is 2.61. The summed E-state index contributed by atoms with van der Waals surface area (Å²) in [7, 11) is 4.28. The monoisotopic (exact) mass is 196 g/mol. The van der Waals surface area contributed by atoms with Crippen LogP contribution in [0.3, 0.4) is 0 Å². The van der Waals surface area contributed by atoms with Crippen LogP contribution < -0.4 is 5.73 Å². The summed E-state index contributed by atoms with van der Waals surface area (Å²) >= 11 is 0. The Hall–Kier alpha value is -0.570. The van der Waals surface area contributed by atoms with Crippen LogP contribution in [-0.4, -0.2) is 30.9 Å². The minimum atomic E-state index is -0.0756. The van der Waals surface area contributed by atoms with Gasteiger partial charge < -0.3 is 10.6 Å². The molecule has 0 aromatic carbocycles. The van der Waals surface area contributed by atoms with Crippen LogP contribution in [0.2, 0.25) is 0 Å². The molecule has 0 bridgehead atoms. The van der Waals surface area contributed by atoms with Crippen LogP contribution in [0.1, 0.15) is 32.1 Å². The first-order valence-electron chi connectivity index (χ1n) is 5.51. The van der Waals surface area contributed by atoms with E-state index < -0.39 is 0 Å². The molecular formula is C11H20N2O. The van der Waals surface area contributed by atoms with E-state index in [9.17, 15) is 4.79 Å². The Morgan fingerprint density at radius 2 is 1.93 bits per heavy atom. The lowest BCUT2D eigenvalue weighted by Gasteiger charge is -2.33. The van der Waals surface area contributed by atoms with Crippen LogP contribution in [0.5, 0.6) is 0 Å². The van der Waals surface area contributed by atoms with Crippen molar-refractivity contribution in [1.29, 1.82) is 0 Å². The van der Waals surface area contributed by atoms with Crippen LogP contribution in [-0.2, 0) is 4.79 Å². The van der Waals surface area contributed by atoms with Crippen molar-refractivity contribution in [2.75, 3.05) is 14.1 Å². The molecule has 0 aromatic rings. The zero-order chi connectivity index (χ0) is 10.3. The van der Waals surface area contributed by atoms with Gasteiger partial charge in [-0.05, 0) is 51.6 Å². The smallest absolute Gasteiger partial charge is 0.221 e. The molecule has 0 aliphatic heterocycles. The zero-order valence-corrected chi connectivity index (χ0v) is 9.12. The maximum atomic E-state index is 11.1. The van der Waals surface area contributed by atoms with Gasteiger partial charge in [-0.3, -0.25) is 4.79 Å². The SMILES string of the molecule is CN(C)C1CCC2(CC1)CC2C(N)=O. The molecule has 2 N–H and O–H groups in total. The topological polar surface area (TPSA) is 46.3 Å². The Bertz CT molecular complexity index is 242. The van der Waals surface area contributed by atoms with E-state index in [1.165, 1.54) is 25.7 Å². The molecule has 0 saturated heterocycles. The van der Waals surface area contributed by atoms with E-state index >= 15 is 0 Å². The molecule has 14 heavy (non-hydrogen) atoms. The average Bonchev–Trinajstić information content (AvgIpc) is 2.80. The van der Waals surface area contributed by atoms with Crippen LogP contribution in [0.4, 0.5) is 0 Å². The molecule has 1 unspecified atom stereocenters. The first kappa shape index (κ1) is 9.97. The number of primary amides is 1. The Balaban J connectivity index is 1.89. The molecule has 80 valence electrons. The molecule has 1 spiro atoms. The maximum Gasteiger partial charge on any atom is 0.221 e. The summed E-state index contributed by atoms with van der Waals surface area (Å²) in [5, 5.41) is 0. The molecule has 3 nitrogen and oxygen atoms in total. The van der Waals surface area contributed by atoms with Crippen molar-refractivity contribution in [3.63, 3.8) is 0 Å². The highest BCUT2D eigenvalue weighted by Gasteiger charge is 2.57. The van der Waals surface area contributed by atoms with E-state index in [-0.39, 0.29) is 11.8 Å². The number of carbonyl (C=O) groups is 1. The molecule has 0 heterocycles. The summed E-state index contributed by atoms with van der Waals surface area (Å²) in [4.78, 5) is 13.4. The molecule has 0 aromatic heterocycles. The first-order valence-corrected chi connectivity index (χ1v) is 5.51. The molecule has 2 rings (SSSR count). The van der Waals surface area contributed by atoms with Gasteiger partial charge in [0.1, 0.15) is 0 Å². The van der Waals surface area contributed by atoms with Gasteiger partial charge in [0.15, 0.2) is 0 Å². The molecule has 2 fully saturated rings. The third-order valence-corrected chi connectivity index (χ3v) is 4.21. The van der Waals surface area contributed by atoms with Crippen molar-refractivity contribution < 1.29 is 4.79 Å². The maximum absolute atomic E-state index is 11.1. The number of hydrogen-bond acceptors (Lipinski definition) is 2. The molecule has 1 atom stereocenters. The lowest BCUT2D eigenvalue weighted by atomic mass is 9.81. The number of hydrogen-bond donors (Lipinski definition) is 1. The molecule has 0 radical (unpaired) electrons. The number of carbonyl (C=O) groups excluding carboxylic acids is 1. The van der Waals surface area contributed by atoms with Gasteiger partial charge in [0.25, 0.3) is 0 Å². The lowest BCUT2D eigenvalue weighted by Crippen LogP contribution is -2.34. The van der Waals surface area contributed by atoms with Gasteiger partial charge in [-0.1, -0.05) is 0 Å². The molecular weight excluding hydrogens is 176 g/mol. The largest absolute Gasteiger partial charge is 0.369 e. The second-order valence-electron chi connectivity index (χ2n) is 5.22. The normalized spacial score (nSPS) is 41.6. The van der Waals surface area contributed by atoms with Gasteiger partial charge in [0.2, 0.25) is 5.91 Å². The Labute approximate surface area is 85.6 Å². The summed E-state index contributed by atoms with van der Waals surface area (Å²) in [6.07, 6.45) is 5.92. The minimum absolute atomic E-state index is 0.0756. The predicted octanol–water partition coefficient (Wildman–Crippen LogP) is 0.982. The van der Waals surface area contributed by atoms with Crippen molar-refractivity contribution in [1.82, 2.24) is 4.90 Å². The van der Waals surface area contributed by atoms with E-state index in [1.54, 1.807) is 0 Å². The van der Waals surface area contributed by atoms with Crippen LogP contribution >= 0.6 is 0 Å². The number of nitrogens with zero attached hydrogens (tertiary/aromatic N) is 1. The third-order valence-electron chi connectivity index (χ3n) is 4.21. The summed E-state index contributed by atoms with van der Waals surface area (Å²) in [6, 6.07) is 0.717. The molecule has 2 aliphatic carbocycles. The number of rotatable bonds is 2. The van der Waals surface area contributed by atoms with Crippen molar-refractivity contribution in [2.45, 2.75) is 38.1 Å². The highest BCUT2D eigenvalue weighted by molar-refractivity contribution is 5.80. The molecule has 3 heteroatoms. The average molecular weight is 196 g/mol. The van der Waals surface area contributed by atoms with E-state index in [4.69, 9.17) is 5.73 Å². The van der Waals surface area contributed by atoms with Crippen LogP contribution in [0, 0.1) is 11.3 Å². The summed E-state index contributed by atoms with van der Waals surface area (Å²) in [5.74, 6) is 0.124. The molecule has 2 saturated carbocycles. The highest BCUT2D eigenvalue weighted by atomic mass is 16.1. The van der Waals surface area contributed by atoms with E-state index in [2.05, 4.69) is 19.0 Å². The molecule has 2 aliphatic rings. The summed E-state index contributed by atoms with van der Waals surface area (Å²) in [6.45, 7) is 0. The van der Waals surface area contributed by atoms with Gasteiger partial charge in [-0.25, -0.2) is 0 Å². The van der Waals surface area contributed by atoms with Crippen LogP contribution in [0.15, 0.2) is 0 Å².